The highest BCUT2D eigenvalue weighted by atomic mass is 35.5. The van der Waals surface area contributed by atoms with Gasteiger partial charge in [0, 0.05) is 23.2 Å². The van der Waals surface area contributed by atoms with E-state index in [1.165, 1.54) is 6.07 Å². The number of hydrogen-bond donors (Lipinski definition) is 1. The van der Waals surface area contributed by atoms with Gasteiger partial charge in [-0.3, -0.25) is 9.69 Å². The number of benzene rings is 2. The lowest BCUT2D eigenvalue weighted by Gasteiger charge is -2.23. The molecule has 1 N–H and O–H groups in total. The molecule has 1 atom stereocenters. The molecule has 1 aliphatic rings. The Kier molecular flexibility index (Phi) is 5.71. The molecule has 3 nitrogen and oxygen atoms in total. The Morgan fingerprint density at radius 2 is 1.92 bits per heavy atom. The van der Waals surface area contributed by atoms with Crippen molar-refractivity contribution < 1.29 is 9.18 Å². The fourth-order valence-corrected chi connectivity index (χ4v) is 3.27. The van der Waals surface area contributed by atoms with Gasteiger partial charge in [-0.25, -0.2) is 4.39 Å². The van der Waals surface area contributed by atoms with Crippen LogP contribution in [0.2, 0.25) is 5.02 Å². The summed E-state index contributed by atoms with van der Waals surface area (Å²) < 4.78 is 13.9. The summed E-state index contributed by atoms with van der Waals surface area (Å²) in [6, 6.07) is 14.4. The van der Waals surface area contributed by atoms with Crippen LogP contribution in [0.4, 0.5) is 4.39 Å². The molecule has 0 heterocycles. The maximum Gasteiger partial charge on any atom is 0.234 e. The Morgan fingerprint density at radius 3 is 2.60 bits per heavy atom. The molecule has 0 radical (unpaired) electrons. The average Bonchev–Trinajstić information content (AvgIpc) is 3.41. The van der Waals surface area contributed by atoms with Crippen LogP contribution < -0.4 is 5.32 Å². The average molecular weight is 361 g/mol. The van der Waals surface area contributed by atoms with Gasteiger partial charge in [0.1, 0.15) is 5.82 Å². The summed E-state index contributed by atoms with van der Waals surface area (Å²) in [5, 5.41) is 3.63. The largest absolute Gasteiger partial charge is 0.348 e. The Bertz CT molecular complexity index is 748. The monoisotopic (exact) mass is 360 g/mol. The van der Waals surface area contributed by atoms with E-state index in [0.29, 0.717) is 23.2 Å². The normalized spacial score (nSPS) is 15.2. The van der Waals surface area contributed by atoms with E-state index in [1.807, 2.05) is 42.2 Å². The first-order valence-electron chi connectivity index (χ1n) is 8.56. The predicted octanol–water partition coefficient (Wildman–Crippen LogP) is 4.32. The molecule has 0 aliphatic heterocycles. The van der Waals surface area contributed by atoms with Gasteiger partial charge < -0.3 is 5.32 Å². The number of hydrogen-bond acceptors (Lipinski definition) is 2. The molecule has 0 spiro atoms. The van der Waals surface area contributed by atoms with Gasteiger partial charge in [0.25, 0.3) is 0 Å². The SMILES string of the molecule is C[C@@H](NC(=O)CN(Cc1ccccc1F)C1CC1)c1ccccc1Cl. The second-order valence-corrected chi connectivity index (χ2v) is 6.95. The van der Waals surface area contributed by atoms with Gasteiger partial charge in [-0.05, 0) is 37.5 Å². The third-order valence-electron chi connectivity index (χ3n) is 4.49. The second-order valence-electron chi connectivity index (χ2n) is 6.54. The first-order valence-corrected chi connectivity index (χ1v) is 8.93. The number of rotatable bonds is 7. The van der Waals surface area contributed by atoms with Crippen LogP contribution in [0, 0.1) is 5.82 Å². The molecule has 2 aromatic carbocycles. The van der Waals surface area contributed by atoms with E-state index in [-0.39, 0.29) is 24.3 Å². The number of carbonyl (C=O) groups is 1. The molecule has 25 heavy (non-hydrogen) atoms. The molecule has 0 saturated heterocycles. The molecule has 5 heteroatoms. The molecule has 0 bridgehead atoms. The summed E-state index contributed by atoms with van der Waals surface area (Å²) in [5.41, 5.74) is 1.52. The smallest absolute Gasteiger partial charge is 0.234 e. The Hall–Kier alpha value is -1.91. The molecule has 1 aliphatic carbocycles. The van der Waals surface area contributed by atoms with Crippen LogP contribution in [-0.4, -0.2) is 23.4 Å². The van der Waals surface area contributed by atoms with Crippen molar-refractivity contribution in [1.29, 1.82) is 0 Å². The minimum absolute atomic E-state index is 0.0735. The van der Waals surface area contributed by atoms with E-state index in [4.69, 9.17) is 11.6 Å². The topological polar surface area (TPSA) is 32.3 Å². The van der Waals surface area contributed by atoms with Crippen molar-refractivity contribution in [2.24, 2.45) is 0 Å². The van der Waals surface area contributed by atoms with Crippen molar-refractivity contribution in [3.8, 4) is 0 Å². The van der Waals surface area contributed by atoms with Crippen LogP contribution in [-0.2, 0) is 11.3 Å². The van der Waals surface area contributed by atoms with E-state index in [1.54, 1.807) is 12.1 Å². The molecule has 3 rings (SSSR count). The van der Waals surface area contributed by atoms with Crippen LogP contribution in [0.5, 0.6) is 0 Å². The van der Waals surface area contributed by atoms with Crippen molar-refractivity contribution >= 4 is 17.5 Å². The van der Waals surface area contributed by atoms with Crippen LogP contribution in [0.25, 0.3) is 0 Å². The quantitative estimate of drug-likeness (QED) is 0.797. The Labute approximate surface area is 152 Å². The summed E-state index contributed by atoms with van der Waals surface area (Å²) in [6.07, 6.45) is 2.11. The van der Waals surface area contributed by atoms with E-state index < -0.39 is 0 Å². The number of carbonyl (C=O) groups excluding carboxylic acids is 1. The highest BCUT2D eigenvalue weighted by Crippen LogP contribution is 2.29. The lowest BCUT2D eigenvalue weighted by Crippen LogP contribution is -2.39. The maximum absolute atomic E-state index is 13.9. The van der Waals surface area contributed by atoms with Gasteiger partial charge in [0.2, 0.25) is 5.91 Å². The minimum Gasteiger partial charge on any atom is -0.348 e. The first-order chi connectivity index (χ1) is 12.0. The van der Waals surface area contributed by atoms with Crippen molar-refractivity contribution in [2.45, 2.75) is 38.4 Å². The van der Waals surface area contributed by atoms with Crippen LogP contribution >= 0.6 is 11.6 Å². The van der Waals surface area contributed by atoms with Gasteiger partial charge in [0.15, 0.2) is 0 Å². The highest BCUT2D eigenvalue weighted by molar-refractivity contribution is 6.31. The van der Waals surface area contributed by atoms with Crippen LogP contribution in [0.3, 0.4) is 0 Å². The summed E-state index contributed by atoms with van der Waals surface area (Å²) in [7, 11) is 0. The molecule has 1 fully saturated rings. The van der Waals surface area contributed by atoms with Gasteiger partial charge in [0.05, 0.1) is 12.6 Å². The first kappa shape index (κ1) is 17.9. The molecule has 132 valence electrons. The zero-order valence-electron chi connectivity index (χ0n) is 14.2. The minimum atomic E-state index is -0.224. The molecular formula is C20H22ClFN2O. The fourth-order valence-electron chi connectivity index (χ4n) is 2.97. The third-order valence-corrected chi connectivity index (χ3v) is 4.83. The van der Waals surface area contributed by atoms with Crippen molar-refractivity contribution in [3.05, 3.63) is 70.5 Å². The molecule has 0 unspecified atom stereocenters. The number of halogens is 2. The maximum atomic E-state index is 13.9. The van der Waals surface area contributed by atoms with E-state index in [9.17, 15) is 9.18 Å². The van der Waals surface area contributed by atoms with Crippen molar-refractivity contribution in [3.63, 3.8) is 0 Å². The number of nitrogens with one attached hydrogen (secondary N) is 1. The summed E-state index contributed by atoms with van der Waals surface area (Å²) in [5.74, 6) is -0.298. The summed E-state index contributed by atoms with van der Waals surface area (Å²) in [6.45, 7) is 2.62. The molecule has 2 aromatic rings. The van der Waals surface area contributed by atoms with Crippen LogP contribution in [0.15, 0.2) is 48.5 Å². The van der Waals surface area contributed by atoms with E-state index >= 15 is 0 Å². The zero-order valence-corrected chi connectivity index (χ0v) is 15.0. The van der Waals surface area contributed by atoms with Crippen molar-refractivity contribution in [2.75, 3.05) is 6.54 Å². The predicted molar refractivity (Wildman–Crippen MR) is 97.8 cm³/mol. The zero-order chi connectivity index (χ0) is 17.8. The fraction of sp³-hybridized carbons (Fsp3) is 0.350. The molecule has 0 aromatic heterocycles. The lowest BCUT2D eigenvalue weighted by molar-refractivity contribution is -0.123. The number of nitrogens with zero attached hydrogens (tertiary/aromatic N) is 1. The van der Waals surface area contributed by atoms with Crippen LogP contribution in [0.1, 0.15) is 36.9 Å². The van der Waals surface area contributed by atoms with E-state index in [2.05, 4.69) is 5.32 Å². The van der Waals surface area contributed by atoms with Gasteiger partial charge in [-0.2, -0.15) is 0 Å². The van der Waals surface area contributed by atoms with Gasteiger partial charge in [-0.15, -0.1) is 0 Å². The third kappa shape index (κ3) is 4.80. The molecule has 1 saturated carbocycles. The highest BCUT2D eigenvalue weighted by Gasteiger charge is 2.31. The lowest BCUT2D eigenvalue weighted by atomic mass is 10.1. The Balaban J connectivity index is 1.62. The van der Waals surface area contributed by atoms with Crippen molar-refractivity contribution in [1.82, 2.24) is 10.2 Å². The van der Waals surface area contributed by atoms with Gasteiger partial charge >= 0.3 is 0 Å². The number of amides is 1. The van der Waals surface area contributed by atoms with Gasteiger partial charge in [-0.1, -0.05) is 48.0 Å². The molecular weight excluding hydrogens is 339 g/mol. The summed E-state index contributed by atoms with van der Waals surface area (Å²) >= 11 is 6.19. The Morgan fingerprint density at radius 1 is 1.24 bits per heavy atom. The van der Waals surface area contributed by atoms with E-state index in [0.717, 1.165) is 18.4 Å². The molecule has 1 amide bonds. The summed E-state index contributed by atoms with van der Waals surface area (Å²) in [4.78, 5) is 14.5. The second kappa shape index (κ2) is 7.98. The standard InChI is InChI=1S/C20H22ClFN2O/c1-14(17-7-3-4-8-18(17)21)23-20(25)13-24(16-10-11-16)12-15-6-2-5-9-19(15)22/h2-9,14,16H,10-13H2,1H3,(H,23,25)/t14-/m1/s1.